The maximum Gasteiger partial charge on any atom is 0.181 e. The lowest BCUT2D eigenvalue weighted by molar-refractivity contribution is -0.694. The Balaban J connectivity index is 0.00000120. The Morgan fingerprint density at radius 3 is 2.61 bits per heavy atom. The quantitative estimate of drug-likeness (QED) is 0.659. The van der Waals surface area contributed by atoms with Gasteiger partial charge in [-0.3, -0.25) is 0 Å². The van der Waals surface area contributed by atoms with Crippen molar-refractivity contribution in [3.05, 3.63) is 65.0 Å². The lowest BCUT2D eigenvalue weighted by atomic mass is 10.1. The minimum atomic E-state index is 0. The maximum absolute atomic E-state index is 2.37. The molecule has 0 saturated heterocycles. The predicted octanol–water partition coefficient (Wildman–Crippen LogP) is -0.176. The van der Waals surface area contributed by atoms with E-state index in [1.54, 1.807) is 11.1 Å². The van der Waals surface area contributed by atoms with Crippen molar-refractivity contribution in [1.82, 2.24) is 0 Å². The molecule has 1 aromatic heterocycles. The van der Waals surface area contributed by atoms with E-state index >= 15 is 0 Å². The highest BCUT2D eigenvalue weighted by atomic mass is 35.5. The molecule has 0 spiro atoms. The van der Waals surface area contributed by atoms with Crippen molar-refractivity contribution < 1.29 is 17.0 Å². The van der Waals surface area contributed by atoms with Gasteiger partial charge in [0.25, 0.3) is 0 Å². The number of nitrogens with zero attached hydrogens (tertiary/aromatic N) is 1. The van der Waals surface area contributed by atoms with Gasteiger partial charge in [0.05, 0.1) is 0 Å². The molecule has 0 atom stereocenters. The first-order chi connectivity index (χ1) is 8.34. The Hall–Kier alpha value is -1.34. The molecule has 1 nitrogen and oxygen atoms in total. The lowest BCUT2D eigenvalue weighted by Gasteiger charge is -2.05. The van der Waals surface area contributed by atoms with Gasteiger partial charge in [0.15, 0.2) is 18.4 Å². The molecule has 0 unspecified atom stereocenters. The first-order valence-corrected chi connectivity index (χ1v) is 6.39. The summed E-state index contributed by atoms with van der Waals surface area (Å²) in [6.45, 7) is 3.24. The van der Waals surface area contributed by atoms with Crippen LogP contribution in [-0.4, -0.2) is 0 Å². The normalized spacial score (nSPS) is 12.9. The number of pyridine rings is 1. The molecule has 0 amide bonds. The fraction of sp³-hybridized carbons (Fsp3) is 0.312. The van der Waals surface area contributed by atoms with E-state index in [0.717, 1.165) is 6.54 Å². The van der Waals surface area contributed by atoms with Crippen LogP contribution in [0.1, 0.15) is 28.8 Å². The molecule has 1 heterocycles. The fourth-order valence-corrected chi connectivity index (χ4v) is 2.78. The summed E-state index contributed by atoms with van der Waals surface area (Å²) in [7, 11) is 0. The van der Waals surface area contributed by atoms with Crippen molar-refractivity contribution in [1.29, 1.82) is 0 Å². The van der Waals surface area contributed by atoms with Crippen LogP contribution < -0.4 is 17.0 Å². The predicted molar refractivity (Wildman–Crippen MR) is 68.9 cm³/mol. The molecule has 18 heavy (non-hydrogen) atoms. The number of hydrogen-bond donors (Lipinski definition) is 0. The number of rotatable bonds is 2. The molecule has 0 saturated carbocycles. The van der Waals surface area contributed by atoms with Gasteiger partial charge in [-0.05, 0) is 24.8 Å². The Morgan fingerprint density at radius 1 is 1.06 bits per heavy atom. The van der Waals surface area contributed by atoms with E-state index in [1.807, 2.05) is 0 Å². The number of aromatic nitrogens is 1. The highest BCUT2D eigenvalue weighted by Crippen LogP contribution is 2.22. The Bertz CT molecular complexity index is 534. The average molecular weight is 260 g/mol. The van der Waals surface area contributed by atoms with E-state index < -0.39 is 0 Å². The fourth-order valence-electron chi connectivity index (χ4n) is 2.78. The van der Waals surface area contributed by atoms with Crippen molar-refractivity contribution in [2.75, 3.05) is 0 Å². The summed E-state index contributed by atoms with van der Waals surface area (Å²) in [4.78, 5) is 0. The van der Waals surface area contributed by atoms with E-state index in [4.69, 9.17) is 0 Å². The van der Waals surface area contributed by atoms with E-state index in [1.165, 1.54) is 30.5 Å². The maximum atomic E-state index is 2.37. The second-order valence-corrected chi connectivity index (χ2v) is 4.87. The third-order valence-electron chi connectivity index (χ3n) is 3.78. The van der Waals surface area contributed by atoms with Gasteiger partial charge >= 0.3 is 0 Å². The largest absolute Gasteiger partial charge is 1.00 e. The number of aryl methyl sites for hydroxylation is 1. The summed E-state index contributed by atoms with van der Waals surface area (Å²) in [5.41, 5.74) is 5.97. The number of benzene rings is 1. The second-order valence-electron chi connectivity index (χ2n) is 4.87. The Morgan fingerprint density at radius 2 is 1.83 bits per heavy atom. The Labute approximate surface area is 115 Å². The summed E-state index contributed by atoms with van der Waals surface area (Å²) in [6, 6.07) is 13.0. The standard InChI is InChI=1S/C16H18N.ClH/c1-13-16-9-5-8-15(16)10-11-17(13)12-14-6-3-2-4-7-14;/h2-4,6-7,10-11H,5,8-9,12H2,1H3;1H/q+1;/p-1. The molecule has 0 bridgehead atoms. The van der Waals surface area contributed by atoms with Gasteiger partial charge in [0.2, 0.25) is 0 Å². The van der Waals surface area contributed by atoms with E-state index in [9.17, 15) is 0 Å². The molecule has 3 rings (SSSR count). The van der Waals surface area contributed by atoms with E-state index in [0.29, 0.717) is 0 Å². The first-order valence-electron chi connectivity index (χ1n) is 6.39. The van der Waals surface area contributed by atoms with Crippen LogP contribution >= 0.6 is 0 Å². The third-order valence-corrected chi connectivity index (χ3v) is 3.78. The van der Waals surface area contributed by atoms with Crippen LogP contribution in [0, 0.1) is 6.92 Å². The minimum absolute atomic E-state index is 0. The number of halogens is 1. The summed E-state index contributed by atoms with van der Waals surface area (Å²) < 4.78 is 2.37. The highest BCUT2D eigenvalue weighted by Gasteiger charge is 2.20. The topological polar surface area (TPSA) is 3.88 Å². The van der Waals surface area contributed by atoms with Crippen LogP contribution in [0.3, 0.4) is 0 Å². The average Bonchev–Trinajstić information content (AvgIpc) is 2.83. The molecule has 0 radical (unpaired) electrons. The summed E-state index contributed by atoms with van der Waals surface area (Å²) >= 11 is 0. The molecule has 1 aliphatic carbocycles. The molecule has 2 heteroatoms. The summed E-state index contributed by atoms with van der Waals surface area (Å²) in [6.07, 6.45) is 6.09. The lowest BCUT2D eigenvalue weighted by Crippen LogP contribution is -3.00. The highest BCUT2D eigenvalue weighted by molar-refractivity contribution is 5.30. The van der Waals surface area contributed by atoms with Crippen LogP contribution in [0.5, 0.6) is 0 Å². The van der Waals surface area contributed by atoms with Gasteiger partial charge in [-0.25, -0.2) is 0 Å². The molecule has 0 N–H and O–H groups in total. The molecule has 2 aromatic rings. The van der Waals surface area contributed by atoms with Gasteiger partial charge in [-0.1, -0.05) is 30.3 Å². The van der Waals surface area contributed by atoms with Crippen molar-refractivity contribution in [2.45, 2.75) is 32.7 Å². The SMILES string of the molecule is Cc1c2c(cc[n+]1Cc1ccccc1)CCC2.[Cl-]. The van der Waals surface area contributed by atoms with Crippen LogP contribution in [0.25, 0.3) is 0 Å². The van der Waals surface area contributed by atoms with E-state index in [2.05, 4.69) is 54.1 Å². The van der Waals surface area contributed by atoms with Gasteiger partial charge < -0.3 is 12.4 Å². The number of hydrogen-bond acceptors (Lipinski definition) is 0. The van der Waals surface area contributed by atoms with Crippen molar-refractivity contribution in [3.8, 4) is 0 Å². The minimum Gasteiger partial charge on any atom is -1.00 e. The van der Waals surface area contributed by atoms with Crippen molar-refractivity contribution >= 4 is 0 Å². The molecule has 1 aliphatic rings. The van der Waals surface area contributed by atoms with E-state index in [-0.39, 0.29) is 12.4 Å². The zero-order valence-corrected chi connectivity index (χ0v) is 11.5. The third kappa shape index (κ3) is 2.41. The molecule has 0 aliphatic heterocycles. The van der Waals surface area contributed by atoms with Crippen LogP contribution in [0.4, 0.5) is 0 Å². The zero-order chi connectivity index (χ0) is 11.7. The van der Waals surface area contributed by atoms with Gasteiger partial charge in [0.1, 0.15) is 0 Å². The zero-order valence-electron chi connectivity index (χ0n) is 10.7. The molecule has 0 fully saturated rings. The molecular weight excluding hydrogens is 242 g/mol. The molecule has 1 aromatic carbocycles. The van der Waals surface area contributed by atoms with Crippen molar-refractivity contribution in [3.63, 3.8) is 0 Å². The molecular formula is C16H18ClN. The number of fused-ring (bicyclic) bond motifs is 1. The summed E-state index contributed by atoms with van der Waals surface area (Å²) in [5, 5.41) is 0. The van der Waals surface area contributed by atoms with Gasteiger partial charge in [0, 0.05) is 24.1 Å². The Kier molecular flexibility index (Phi) is 4.03. The summed E-state index contributed by atoms with van der Waals surface area (Å²) in [5.74, 6) is 0. The molecule has 94 valence electrons. The smallest absolute Gasteiger partial charge is 0.181 e. The van der Waals surface area contributed by atoms with Crippen LogP contribution in [0.2, 0.25) is 0 Å². The van der Waals surface area contributed by atoms with Crippen LogP contribution in [-0.2, 0) is 19.4 Å². The monoisotopic (exact) mass is 259 g/mol. The van der Waals surface area contributed by atoms with Gasteiger partial charge in [-0.15, -0.1) is 0 Å². The van der Waals surface area contributed by atoms with Crippen molar-refractivity contribution in [2.24, 2.45) is 0 Å². The second kappa shape index (κ2) is 5.53. The first kappa shape index (κ1) is 13.1. The van der Waals surface area contributed by atoms with Gasteiger partial charge in [-0.2, -0.15) is 4.57 Å². The van der Waals surface area contributed by atoms with Crippen LogP contribution in [0.15, 0.2) is 42.6 Å².